The van der Waals surface area contributed by atoms with Crippen molar-refractivity contribution in [2.75, 3.05) is 0 Å². The molecule has 0 N–H and O–H groups in total. The molecule has 0 radical (unpaired) electrons. The molecule has 0 aliphatic carbocycles. The number of fused-ring (bicyclic) bond motifs is 1. The van der Waals surface area contributed by atoms with Crippen LogP contribution >= 0.6 is 0 Å². The molecule has 1 aromatic carbocycles. The van der Waals surface area contributed by atoms with Crippen molar-refractivity contribution < 1.29 is 8.81 Å². The van der Waals surface area contributed by atoms with Crippen molar-refractivity contribution in [1.29, 1.82) is 0 Å². The highest BCUT2D eigenvalue weighted by Crippen LogP contribution is 2.25. The van der Waals surface area contributed by atoms with Gasteiger partial charge >= 0.3 is 0 Å². The Labute approximate surface area is 96.9 Å². The highest BCUT2D eigenvalue weighted by atomic mass is 19.1. The minimum atomic E-state index is -0.377. The van der Waals surface area contributed by atoms with Crippen molar-refractivity contribution in [1.82, 2.24) is 9.97 Å². The third-order valence-corrected chi connectivity index (χ3v) is 2.49. The Morgan fingerprint density at radius 2 is 2.12 bits per heavy atom. The van der Waals surface area contributed by atoms with Crippen LogP contribution in [0, 0.1) is 12.7 Å². The van der Waals surface area contributed by atoms with E-state index < -0.39 is 0 Å². The van der Waals surface area contributed by atoms with Crippen molar-refractivity contribution in [3.8, 4) is 11.5 Å². The first kappa shape index (κ1) is 9.96. The lowest BCUT2D eigenvalue weighted by Crippen LogP contribution is -1.82. The number of nitrogens with zero attached hydrogens (tertiary/aromatic N) is 2. The van der Waals surface area contributed by atoms with E-state index in [1.807, 2.05) is 13.0 Å². The molecule has 0 saturated carbocycles. The van der Waals surface area contributed by atoms with Crippen LogP contribution in [0.4, 0.5) is 4.39 Å². The molecule has 0 bridgehead atoms. The molecule has 3 aromatic rings. The quantitative estimate of drug-likeness (QED) is 0.641. The second-order valence-corrected chi connectivity index (χ2v) is 3.86. The summed E-state index contributed by atoms with van der Waals surface area (Å²) in [6, 6.07) is 6.55. The number of aromatic nitrogens is 2. The first-order valence-corrected chi connectivity index (χ1v) is 5.21. The van der Waals surface area contributed by atoms with E-state index in [-0.39, 0.29) is 11.3 Å². The van der Waals surface area contributed by atoms with Crippen molar-refractivity contribution in [2.45, 2.75) is 6.92 Å². The van der Waals surface area contributed by atoms with Crippen LogP contribution in [0.15, 0.2) is 41.1 Å². The zero-order valence-corrected chi connectivity index (χ0v) is 9.14. The lowest BCUT2D eigenvalue weighted by Gasteiger charge is -1.95. The first-order chi connectivity index (χ1) is 8.24. The largest absolute Gasteiger partial charge is 0.436 e. The highest BCUT2D eigenvalue weighted by Gasteiger charge is 2.11. The Morgan fingerprint density at radius 1 is 1.24 bits per heavy atom. The maximum atomic E-state index is 13.5. The molecule has 0 aliphatic heterocycles. The second-order valence-electron chi connectivity index (χ2n) is 3.86. The van der Waals surface area contributed by atoms with Crippen molar-refractivity contribution in [2.24, 2.45) is 0 Å². The van der Waals surface area contributed by atoms with Gasteiger partial charge in [0.15, 0.2) is 11.4 Å². The van der Waals surface area contributed by atoms with Crippen molar-refractivity contribution in [3.05, 3.63) is 48.0 Å². The van der Waals surface area contributed by atoms with Gasteiger partial charge in [-0.1, -0.05) is 6.07 Å². The van der Waals surface area contributed by atoms with Crippen molar-refractivity contribution in [3.63, 3.8) is 0 Å². The van der Waals surface area contributed by atoms with Crippen LogP contribution in [0.3, 0.4) is 0 Å². The van der Waals surface area contributed by atoms with Crippen LogP contribution in [-0.4, -0.2) is 9.97 Å². The van der Waals surface area contributed by atoms with Crippen LogP contribution in [-0.2, 0) is 0 Å². The van der Waals surface area contributed by atoms with Gasteiger partial charge in [-0.15, -0.1) is 0 Å². The summed E-state index contributed by atoms with van der Waals surface area (Å²) in [5.41, 5.74) is 2.45. The number of aryl methyl sites for hydroxylation is 1. The monoisotopic (exact) mass is 228 g/mol. The van der Waals surface area contributed by atoms with Crippen LogP contribution in [0.1, 0.15) is 5.56 Å². The van der Waals surface area contributed by atoms with E-state index in [9.17, 15) is 4.39 Å². The molecule has 0 spiro atoms. The molecule has 0 saturated heterocycles. The Kier molecular flexibility index (Phi) is 2.14. The van der Waals surface area contributed by atoms with E-state index in [1.165, 1.54) is 6.07 Å². The topological polar surface area (TPSA) is 38.9 Å². The number of hydrogen-bond acceptors (Lipinski definition) is 3. The maximum Gasteiger partial charge on any atom is 0.228 e. The van der Waals surface area contributed by atoms with Crippen LogP contribution in [0.5, 0.6) is 0 Å². The number of oxazole rings is 1. The summed E-state index contributed by atoms with van der Waals surface area (Å²) < 4.78 is 19.0. The van der Waals surface area contributed by atoms with Crippen LogP contribution in [0.2, 0.25) is 0 Å². The van der Waals surface area contributed by atoms with Gasteiger partial charge in [0.1, 0.15) is 5.52 Å². The Bertz CT molecular complexity index is 691. The predicted molar refractivity (Wildman–Crippen MR) is 61.9 cm³/mol. The summed E-state index contributed by atoms with van der Waals surface area (Å²) in [6.07, 6.45) is 3.39. The fraction of sp³-hybridized carbons (Fsp3) is 0.0769. The molecule has 0 unspecified atom stereocenters. The minimum Gasteiger partial charge on any atom is -0.436 e. The maximum absolute atomic E-state index is 13.5. The van der Waals surface area contributed by atoms with Gasteiger partial charge in [0.05, 0.1) is 5.56 Å². The smallest absolute Gasteiger partial charge is 0.228 e. The summed E-state index contributed by atoms with van der Waals surface area (Å²) in [4.78, 5) is 8.20. The molecule has 0 amide bonds. The lowest BCUT2D eigenvalue weighted by molar-refractivity contribution is 0.616. The fourth-order valence-corrected chi connectivity index (χ4v) is 1.71. The molecule has 3 rings (SSSR count). The number of hydrogen-bond donors (Lipinski definition) is 0. The molecular weight excluding hydrogens is 219 g/mol. The van der Waals surface area contributed by atoms with Gasteiger partial charge in [0, 0.05) is 12.4 Å². The molecule has 0 fully saturated rings. The average Bonchev–Trinajstić information content (AvgIpc) is 2.74. The number of halogens is 1. The average molecular weight is 228 g/mol. The van der Waals surface area contributed by atoms with Gasteiger partial charge in [0.25, 0.3) is 0 Å². The Balaban J connectivity index is 2.22. The van der Waals surface area contributed by atoms with E-state index in [2.05, 4.69) is 9.97 Å². The zero-order valence-electron chi connectivity index (χ0n) is 9.14. The van der Waals surface area contributed by atoms with Gasteiger partial charge < -0.3 is 4.42 Å². The fourth-order valence-electron chi connectivity index (χ4n) is 1.71. The molecule has 2 heterocycles. The normalized spacial score (nSPS) is 10.9. The number of benzene rings is 1. The van der Waals surface area contributed by atoms with Crippen LogP contribution in [0.25, 0.3) is 22.6 Å². The van der Waals surface area contributed by atoms with Gasteiger partial charge in [0.2, 0.25) is 5.89 Å². The van der Waals surface area contributed by atoms with Gasteiger partial charge in [-0.05, 0) is 30.7 Å². The molecule has 0 atom stereocenters. The summed E-state index contributed by atoms with van der Waals surface area (Å²) in [5.74, 6) is 0.0133. The molecule has 84 valence electrons. The molecule has 2 aromatic heterocycles. The standard InChI is InChI=1S/C13H9FN2O/c1-8-5-9(7-15-6-8)13-16-12-10(14)3-2-4-11(12)17-13/h2-7H,1H3. The third-order valence-electron chi connectivity index (χ3n) is 2.49. The van der Waals surface area contributed by atoms with Gasteiger partial charge in [-0.25, -0.2) is 9.37 Å². The zero-order chi connectivity index (χ0) is 11.8. The Morgan fingerprint density at radius 3 is 2.88 bits per heavy atom. The molecular formula is C13H9FN2O. The highest BCUT2D eigenvalue weighted by molar-refractivity contribution is 5.76. The molecule has 17 heavy (non-hydrogen) atoms. The number of para-hydroxylation sites is 1. The third kappa shape index (κ3) is 1.67. The van der Waals surface area contributed by atoms with E-state index in [4.69, 9.17) is 4.42 Å². The van der Waals surface area contributed by atoms with Crippen LogP contribution < -0.4 is 0 Å². The minimum absolute atomic E-state index is 0.254. The van der Waals surface area contributed by atoms with E-state index in [0.717, 1.165) is 11.1 Å². The van der Waals surface area contributed by atoms with E-state index in [1.54, 1.807) is 24.5 Å². The van der Waals surface area contributed by atoms with Gasteiger partial charge in [-0.2, -0.15) is 0 Å². The van der Waals surface area contributed by atoms with E-state index in [0.29, 0.717) is 11.5 Å². The molecule has 4 heteroatoms. The van der Waals surface area contributed by atoms with Crippen molar-refractivity contribution >= 4 is 11.1 Å². The van der Waals surface area contributed by atoms with E-state index >= 15 is 0 Å². The lowest BCUT2D eigenvalue weighted by atomic mass is 10.2. The molecule has 3 nitrogen and oxygen atoms in total. The summed E-state index contributed by atoms with van der Waals surface area (Å²) in [6.45, 7) is 1.93. The summed E-state index contributed by atoms with van der Waals surface area (Å²) in [7, 11) is 0. The molecule has 0 aliphatic rings. The summed E-state index contributed by atoms with van der Waals surface area (Å²) >= 11 is 0. The SMILES string of the molecule is Cc1cncc(-c2nc3c(F)cccc3o2)c1. The first-order valence-electron chi connectivity index (χ1n) is 5.21. The number of rotatable bonds is 1. The van der Waals surface area contributed by atoms with Gasteiger partial charge in [-0.3, -0.25) is 4.98 Å². The second kappa shape index (κ2) is 3.66. The predicted octanol–water partition coefficient (Wildman–Crippen LogP) is 3.34. The summed E-state index contributed by atoms with van der Waals surface area (Å²) in [5, 5.41) is 0. The number of pyridine rings is 1. The Hall–Kier alpha value is -2.23.